The van der Waals surface area contributed by atoms with Crippen LogP contribution in [0.1, 0.15) is 47.0 Å². The molecular weight excluding hydrogens is 156 g/mol. The molecule has 0 heterocycles. The maximum Gasteiger partial charge on any atom is -0.00852 e. The Morgan fingerprint density at radius 2 is 2.00 bits per heavy atom. The van der Waals surface area contributed by atoms with Crippen LogP contribution < -0.4 is 0 Å². The molecule has 74 valence electrons. The summed E-state index contributed by atoms with van der Waals surface area (Å²) in [4.78, 5) is 0. The summed E-state index contributed by atoms with van der Waals surface area (Å²) in [6.07, 6.45) is 6.68. The van der Waals surface area contributed by atoms with Crippen LogP contribution >= 0.6 is 0 Å². The fourth-order valence-corrected chi connectivity index (χ4v) is 3.50. The Balaban J connectivity index is 2.37. The van der Waals surface area contributed by atoms with Gasteiger partial charge in [-0.1, -0.05) is 39.3 Å². The summed E-state index contributed by atoms with van der Waals surface area (Å²) < 4.78 is 0. The van der Waals surface area contributed by atoms with Crippen molar-refractivity contribution in [3.8, 4) is 0 Å². The molecule has 0 bridgehead atoms. The van der Waals surface area contributed by atoms with Crippen molar-refractivity contribution in [2.75, 3.05) is 0 Å². The molecule has 13 heavy (non-hydrogen) atoms. The molecule has 0 aromatic carbocycles. The van der Waals surface area contributed by atoms with Crippen molar-refractivity contribution in [1.82, 2.24) is 0 Å². The summed E-state index contributed by atoms with van der Waals surface area (Å²) in [6, 6.07) is 0. The van der Waals surface area contributed by atoms with Crippen LogP contribution in [0, 0.1) is 23.2 Å². The molecule has 4 atom stereocenters. The van der Waals surface area contributed by atoms with Crippen molar-refractivity contribution in [1.29, 1.82) is 0 Å². The van der Waals surface area contributed by atoms with E-state index in [2.05, 4.69) is 33.8 Å². The summed E-state index contributed by atoms with van der Waals surface area (Å²) >= 11 is 0. The number of fused-ring (bicyclic) bond motifs is 1. The van der Waals surface area contributed by atoms with E-state index in [1.807, 2.05) is 0 Å². The average Bonchev–Trinajstić information content (AvgIpc) is 2.29. The van der Waals surface area contributed by atoms with E-state index >= 15 is 0 Å². The average molecular weight is 178 g/mol. The lowest BCUT2D eigenvalue weighted by molar-refractivity contribution is 0.226. The van der Waals surface area contributed by atoms with E-state index in [-0.39, 0.29) is 0 Å². The molecule has 0 aromatic heterocycles. The summed E-state index contributed by atoms with van der Waals surface area (Å²) in [6.45, 7) is 9.77. The lowest BCUT2D eigenvalue weighted by Gasteiger charge is -2.37. The molecule has 0 amide bonds. The second-order valence-electron chi connectivity index (χ2n) is 5.53. The third kappa shape index (κ3) is 1.18. The van der Waals surface area contributed by atoms with E-state index in [0.29, 0.717) is 5.41 Å². The second kappa shape index (κ2) is 2.87. The molecule has 0 aromatic rings. The molecule has 0 heteroatoms. The topological polar surface area (TPSA) is 0 Å². The summed E-state index contributed by atoms with van der Waals surface area (Å²) in [5.41, 5.74) is 2.33. The smallest absolute Gasteiger partial charge is 0.00852 e. The Hall–Kier alpha value is -0.260. The summed E-state index contributed by atoms with van der Waals surface area (Å²) in [5.74, 6) is 2.64. The standard InChI is InChI=1S/C13H22/c1-9-8-13(4)10(2)6-5-7-12(13)11(9)3/h7,9-11H,5-6,8H2,1-4H3. The SMILES string of the molecule is CC1CC2(C)C(=CCCC2C)C1C. The van der Waals surface area contributed by atoms with Crippen molar-refractivity contribution in [2.45, 2.75) is 47.0 Å². The number of hydrogen-bond acceptors (Lipinski definition) is 0. The first-order chi connectivity index (χ1) is 6.05. The van der Waals surface area contributed by atoms with Crippen LogP contribution in [0.3, 0.4) is 0 Å². The first kappa shape index (κ1) is 9.30. The van der Waals surface area contributed by atoms with E-state index < -0.39 is 0 Å². The van der Waals surface area contributed by atoms with Crippen molar-refractivity contribution < 1.29 is 0 Å². The first-order valence-electron chi connectivity index (χ1n) is 5.76. The Bertz CT molecular complexity index is 238. The van der Waals surface area contributed by atoms with Crippen LogP contribution in [0.5, 0.6) is 0 Å². The molecule has 1 fully saturated rings. The molecular formula is C13H22. The Kier molecular flexibility index (Phi) is 2.05. The van der Waals surface area contributed by atoms with Crippen LogP contribution in [0.25, 0.3) is 0 Å². The number of rotatable bonds is 0. The largest absolute Gasteiger partial charge is 0.0845 e. The molecule has 2 rings (SSSR count). The van der Waals surface area contributed by atoms with Gasteiger partial charge in [0.2, 0.25) is 0 Å². The van der Waals surface area contributed by atoms with Gasteiger partial charge in [0, 0.05) is 0 Å². The molecule has 2 aliphatic rings. The fourth-order valence-electron chi connectivity index (χ4n) is 3.50. The minimum absolute atomic E-state index is 0.553. The Morgan fingerprint density at radius 1 is 1.31 bits per heavy atom. The predicted octanol–water partition coefficient (Wildman–Crippen LogP) is 4.02. The normalized spacial score (nSPS) is 50.2. The Labute approximate surface area is 82.4 Å². The van der Waals surface area contributed by atoms with Gasteiger partial charge in [0.1, 0.15) is 0 Å². The van der Waals surface area contributed by atoms with Gasteiger partial charge in [-0.25, -0.2) is 0 Å². The van der Waals surface area contributed by atoms with E-state index in [9.17, 15) is 0 Å². The van der Waals surface area contributed by atoms with Crippen molar-refractivity contribution in [2.24, 2.45) is 23.2 Å². The van der Waals surface area contributed by atoms with Gasteiger partial charge in [-0.2, -0.15) is 0 Å². The van der Waals surface area contributed by atoms with E-state index in [1.165, 1.54) is 19.3 Å². The van der Waals surface area contributed by atoms with E-state index in [1.54, 1.807) is 5.57 Å². The quantitative estimate of drug-likeness (QED) is 0.491. The molecule has 1 saturated carbocycles. The molecule has 0 radical (unpaired) electrons. The second-order valence-corrected chi connectivity index (χ2v) is 5.53. The summed E-state index contributed by atoms with van der Waals surface area (Å²) in [5, 5.41) is 0. The zero-order valence-corrected chi connectivity index (χ0v) is 9.43. The van der Waals surface area contributed by atoms with Crippen LogP contribution in [-0.4, -0.2) is 0 Å². The third-order valence-electron chi connectivity index (χ3n) is 4.80. The van der Waals surface area contributed by atoms with Crippen LogP contribution in [0.15, 0.2) is 11.6 Å². The highest BCUT2D eigenvalue weighted by atomic mass is 14.5. The highest BCUT2D eigenvalue weighted by Crippen LogP contribution is 2.56. The minimum atomic E-state index is 0.553. The van der Waals surface area contributed by atoms with Crippen LogP contribution in [-0.2, 0) is 0 Å². The maximum absolute atomic E-state index is 2.54. The summed E-state index contributed by atoms with van der Waals surface area (Å²) in [7, 11) is 0. The number of allylic oxidation sites excluding steroid dienone is 2. The molecule has 0 spiro atoms. The van der Waals surface area contributed by atoms with Gasteiger partial charge < -0.3 is 0 Å². The maximum atomic E-state index is 2.54. The zero-order valence-electron chi connectivity index (χ0n) is 9.43. The monoisotopic (exact) mass is 178 g/mol. The van der Waals surface area contributed by atoms with Gasteiger partial charge in [0.15, 0.2) is 0 Å². The lowest BCUT2D eigenvalue weighted by atomic mass is 9.68. The zero-order chi connectivity index (χ0) is 9.64. The first-order valence-corrected chi connectivity index (χ1v) is 5.76. The van der Waals surface area contributed by atoms with Crippen LogP contribution in [0.2, 0.25) is 0 Å². The molecule has 0 nitrogen and oxygen atoms in total. The minimum Gasteiger partial charge on any atom is -0.0845 e. The molecule has 0 aliphatic heterocycles. The van der Waals surface area contributed by atoms with Gasteiger partial charge >= 0.3 is 0 Å². The highest BCUT2D eigenvalue weighted by Gasteiger charge is 2.46. The molecule has 0 saturated heterocycles. The van der Waals surface area contributed by atoms with E-state index in [0.717, 1.165) is 17.8 Å². The predicted molar refractivity (Wildman–Crippen MR) is 57.5 cm³/mol. The molecule has 2 aliphatic carbocycles. The number of hydrogen-bond donors (Lipinski definition) is 0. The third-order valence-corrected chi connectivity index (χ3v) is 4.80. The van der Waals surface area contributed by atoms with Gasteiger partial charge in [-0.15, -0.1) is 0 Å². The van der Waals surface area contributed by atoms with Crippen molar-refractivity contribution in [3.63, 3.8) is 0 Å². The fraction of sp³-hybridized carbons (Fsp3) is 0.846. The van der Waals surface area contributed by atoms with Gasteiger partial charge in [-0.05, 0) is 42.4 Å². The lowest BCUT2D eigenvalue weighted by Crippen LogP contribution is -2.27. The van der Waals surface area contributed by atoms with E-state index in [4.69, 9.17) is 0 Å². The highest BCUT2D eigenvalue weighted by molar-refractivity contribution is 5.25. The van der Waals surface area contributed by atoms with Gasteiger partial charge in [0.05, 0.1) is 0 Å². The van der Waals surface area contributed by atoms with Gasteiger partial charge in [0.25, 0.3) is 0 Å². The molecule has 0 N–H and O–H groups in total. The Morgan fingerprint density at radius 3 is 2.62 bits per heavy atom. The molecule has 4 unspecified atom stereocenters. The van der Waals surface area contributed by atoms with Crippen molar-refractivity contribution >= 4 is 0 Å². The van der Waals surface area contributed by atoms with Gasteiger partial charge in [-0.3, -0.25) is 0 Å². The van der Waals surface area contributed by atoms with Crippen molar-refractivity contribution in [3.05, 3.63) is 11.6 Å². The van der Waals surface area contributed by atoms with Crippen LogP contribution in [0.4, 0.5) is 0 Å².